The van der Waals surface area contributed by atoms with E-state index < -0.39 is 15.7 Å². The predicted molar refractivity (Wildman–Crippen MR) is 162 cm³/mol. The Labute approximate surface area is 247 Å². The van der Waals surface area contributed by atoms with Gasteiger partial charge in [0, 0.05) is 6.42 Å². The van der Waals surface area contributed by atoms with Crippen LogP contribution in [-0.4, -0.2) is 40.7 Å². The number of allylic oxidation sites excluding steroid dienone is 3. The normalized spacial score (nSPS) is 33.7. The first-order valence-electron chi connectivity index (χ1n) is 15.4. The van der Waals surface area contributed by atoms with Crippen molar-refractivity contribution in [3.63, 3.8) is 0 Å². The second-order valence-corrected chi connectivity index (χ2v) is 15.6. The summed E-state index contributed by atoms with van der Waals surface area (Å²) in [5, 5.41) is 20.2. The lowest BCUT2D eigenvalue weighted by molar-refractivity contribution is -0.134. The van der Waals surface area contributed by atoms with E-state index in [1.165, 1.54) is 37.3 Å². The highest BCUT2D eigenvalue weighted by atomic mass is 32.2. The first kappa shape index (κ1) is 32.1. The fourth-order valence-corrected chi connectivity index (χ4v) is 9.40. The van der Waals surface area contributed by atoms with Crippen LogP contribution in [-0.2, 0) is 14.9 Å². The smallest absolute Gasteiger partial charge is 0.294 e. The SMILES string of the molecule is C[C@H](CCC(=O)C(C)(C)O)[C@H]1CC[C@H]2C3=CC=C4C[C@@H](O)CC[C@]4(C)[C@H]3CC[C@]12C.Cc1ccccc1S(=O)(=O)O. The maximum Gasteiger partial charge on any atom is 0.294 e. The Hall–Kier alpha value is -1.80. The predicted octanol–water partition coefficient (Wildman–Crippen LogP) is 6.84. The van der Waals surface area contributed by atoms with Crippen LogP contribution < -0.4 is 0 Å². The molecular formula is C34H50O6S. The summed E-state index contributed by atoms with van der Waals surface area (Å²) in [7, 11) is -4.03. The van der Waals surface area contributed by atoms with E-state index >= 15 is 0 Å². The monoisotopic (exact) mass is 586 g/mol. The zero-order chi connectivity index (χ0) is 30.4. The van der Waals surface area contributed by atoms with Crippen LogP contribution in [0.2, 0.25) is 0 Å². The number of ketones is 1. The largest absolute Gasteiger partial charge is 0.393 e. The van der Waals surface area contributed by atoms with Gasteiger partial charge in [0.2, 0.25) is 0 Å². The summed E-state index contributed by atoms with van der Waals surface area (Å²) in [6.07, 6.45) is 14.0. The van der Waals surface area contributed by atoms with Crippen LogP contribution in [0, 0.1) is 41.4 Å². The highest BCUT2D eigenvalue weighted by Crippen LogP contribution is 2.66. The minimum Gasteiger partial charge on any atom is -0.393 e. The summed E-state index contributed by atoms with van der Waals surface area (Å²) in [6.45, 7) is 12.2. The summed E-state index contributed by atoms with van der Waals surface area (Å²) in [4.78, 5) is 12.2. The molecule has 1 aromatic rings. The number of aliphatic hydroxyl groups excluding tert-OH is 1. The number of aryl methyl sites for hydroxylation is 1. The van der Waals surface area contributed by atoms with E-state index in [1.54, 1.807) is 44.5 Å². The van der Waals surface area contributed by atoms with Gasteiger partial charge in [-0.15, -0.1) is 0 Å². The van der Waals surface area contributed by atoms with E-state index in [-0.39, 0.29) is 22.2 Å². The van der Waals surface area contributed by atoms with Crippen LogP contribution in [0.4, 0.5) is 0 Å². The number of hydrogen-bond donors (Lipinski definition) is 3. The minimum atomic E-state index is -4.03. The fraction of sp³-hybridized carbons (Fsp3) is 0.676. The van der Waals surface area contributed by atoms with Crippen molar-refractivity contribution >= 4 is 15.9 Å². The Morgan fingerprint density at radius 2 is 1.73 bits per heavy atom. The summed E-state index contributed by atoms with van der Waals surface area (Å²) in [5.74, 6) is 2.45. The van der Waals surface area contributed by atoms with Crippen molar-refractivity contribution in [2.45, 2.75) is 116 Å². The molecule has 228 valence electrons. The third-order valence-electron chi connectivity index (χ3n) is 11.2. The Bertz CT molecular complexity index is 1300. The van der Waals surface area contributed by atoms with Crippen molar-refractivity contribution in [1.29, 1.82) is 0 Å². The molecule has 0 aromatic heterocycles. The number of Topliss-reactive ketones (excluding diaryl/α,β-unsaturated/α-hetero) is 1. The summed E-state index contributed by atoms with van der Waals surface area (Å²) >= 11 is 0. The van der Waals surface area contributed by atoms with Crippen molar-refractivity contribution in [2.75, 3.05) is 0 Å². The molecule has 0 unspecified atom stereocenters. The van der Waals surface area contributed by atoms with Crippen LogP contribution in [0.1, 0.15) is 98.0 Å². The Morgan fingerprint density at radius 1 is 1.05 bits per heavy atom. The fourth-order valence-electron chi connectivity index (χ4n) is 8.67. The molecule has 6 nitrogen and oxygen atoms in total. The molecule has 0 aliphatic heterocycles. The lowest BCUT2D eigenvalue weighted by Gasteiger charge is -2.55. The maximum atomic E-state index is 12.2. The zero-order valence-corrected chi connectivity index (χ0v) is 26.5. The van der Waals surface area contributed by atoms with Gasteiger partial charge in [0.05, 0.1) is 11.0 Å². The van der Waals surface area contributed by atoms with Gasteiger partial charge in [0.15, 0.2) is 5.78 Å². The number of carbonyl (C=O) groups is 1. The van der Waals surface area contributed by atoms with Gasteiger partial charge >= 0.3 is 0 Å². The summed E-state index contributed by atoms with van der Waals surface area (Å²) in [5.41, 5.74) is 3.08. The van der Waals surface area contributed by atoms with E-state index in [2.05, 4.69) is 32.9 Å². The molecule has 4 aliphatic rings. The van der Waals surface area contributed by atoms with Gasteiger partial charge in [0.1, 0.15) is 5.60 Å². The molecule has 0 amide bonds. The zero-order valence-electron chi connectivity index (χ0n) is 25.7. The van der Waals surface area contributed by atoms with E-state index in [4.69, 9.17) is 4.55 Å². The molecule has 3 saturated carbocycles. The number of aliphatic hydroxyl groups is 2. The molecule has 0 spiro atoms. The average Bonchev–Trinajstić information content (AvgIpc) is 3.24. The average molecular weight is 587 g/mol. The van der Waals surface area contributed by atoms with Gasteiger partial charge in [0.25, 0.3) is 10.1 Å². The second kappa shape index (κ2) is 11.7. The van der Waals surface area contributed by atoms with Gasteiger partial charge in [-0.3, -0.25) is 9.35 Å². The Morgan fingerprint density at radius 3 is 2.34 bits per heavy atom. The van der Waals surface area contributed by atoms with E-state index in [0.29, 0.717) is 41.1 Å². The molecule has 0 saturated heterocycles. The third-order valence-corrected chi connectivity index (χ3v) is 12.2. The van der Waals surface area contributed by atoms with Gasteiger partial charge < -0.3 is 10.2 Å². The van der Waals surface area contributed by atoms with Gasteiger partial charge in [-0.2, -0.15) is 8.42 Å². The minimum absolute atomic E-state index is 0.0278. The molecule has 4 aliphatic carbocycles. The van der Waals surface area contributed by atoms with Crippen LogP contribution in [0.5, 0.6) is 0 Å². The summed E-state index contributed by atoms with van der Waals surface area (Å²) in [6, 6.07) is 6.27. The molecule has 3 N–H and O–H groups in total. The van der Waals surface area contributed by atoms with Crippen LogP contribution >= 0.6 is 0 Å². The van der Waals surface area contributed by atoms with E-state index in [9.17, 15) is 23.4 Å². The van der Waals surface area contributed by atoms with E-state index in [1.807, 2.05) is 0 Å². The molecular weight excluding hydrogens is 536 g/mol. The van der Waals surface area contributed by atoms with E-state index in [0.717, 1.165) is 25.7 Å². The first-order chi connectivity index (χ1) is 19.0. The summed E-state index contributed by atoms with van der Waals surface area (Å²) < 4.78 is 29.9. The molecule has 5 rings (SSSR count). The molecule has 7 heteroatoms. The highest BCUT2D eigenvalue weighted by molar-refractivity contribution is 7.85. The molecule has 3 fully saturated rings. The van der Waals surface area contributed by atoms with Crippen molar-refractivity contribution in [3.05, 3.63) is 53.1 Å². The lowest BCUT2D eigenvalue weighted by Crippen LogP contribution is -2.46. The van der Waals surface area contributed by atoms with Gasteiger partial charge in [-0.1, -0.05) is 62.3 Å². The lowest BCUT2D eigenvalue weighted by atomic mass is 9.50. The van der Waals surface area contributed by atoms with Gasteiger partial charge in [-0.05, 0) is 118 Å². The number of carbonyl (C=O) groups excluding carboxylic acids is 1. The Balaban J connectivity index is 0.000000296. The maximum absolute atomic E-state index is 12.2. The highest BCUT2D eigenvalue weighted by Gasteiger charge is 2.56. The van der Waals surface area contributed by atoms with Crippen molar-refractivity contribution < 1.29 is 28.0 Å². The molecule has 7 atom stereocenters. The van der Waals surface area contributed by atoms with Crippen LogP contribution in [0.3, 0.4) is 0 Å². The van der Waals surface area contributed by atoms with Crippen molar-refractivity contribution in [3.8, 4) is 0 Å². The first-order valence-corrected chi connectivity index (χ1v) is 16.8. The van der Waals surface area contributed by atoms with Gasteiger partial charge in [-0.25, -0.2) is 0 Å². The number of benzene rings is 1. The Kier molecular flexibility index (Phi) is 9.17. The molecule has 0 radical (unpaired) electrons. The third kappa shape index (κ3) is 6.43. The van der Waals surface area contributed by atoms with Crippen molar-refractivity contribution in [1.82, 2.24) is 0 Å². The number of hydrogen-bond acceptors (Lipinski definition) is 5. The number of fused-ring (bicyclic) bond motifs is 5. The van der Waals surface area contributed by atoms with Crippen LogP contribution in [0.15, 0.2) is 52.5 Å². The molecule has 0 bridgehead atoms. The quantitative estimate of drug-likeness (QED) is 0.315. The van der Waals surface area contributed by atoms with Crippen molar-refractivity contribution in [2.24, 2.45) is 34.5 Å². The topological polar surface area (TPSA) is 112 Å². The molecule has 0 heterocycles. The standard InChI is InChI=1S/C27H42O3.C7H8O3S/c1-17(6-11-24(29)25(2,3)30)21-9-10-22-20-8-7-18-16-19(28)12-14-26(18,4)23(20)13-15-27(21,22)5;1-6-4-2-3-5-7(6)11(8,9)10/h7-8,17,19,21-23,28,30H,6,9-16H2,1-5H3;2-5H,1H3,(H,8,9,10)/t17-,19+,21-,22+,23+,26+,27-;/m1./s1. The second-order valence-electron chi connectivity index (χ2n) is 14.2. The molecule has 1 aromatic carbocycles. The molecule has 41 heavy (non-hydrogen) atoms. The van der Waals surface area contributed by atoms with Crippen LogP contribution in [0.25, 0.3) is 0 Å². The number of rotatable bonds is 6.